The SMILES string of the molecule is Cl.Cl.NCCc1ccc(Oc2ccccc2)nc1. The molecule has 0 saturated carbocycles. The summed E-state index contributed by atoms with van der Waals surface area (Å²) in [5.41, 5.74) is 6.59. The van der Waals surface area contributed by atoms with Crippen molar-refractivity contribution in [3.8, 4) is 11.6 Å². The van der Waals surface area contributed by atoms with Gasteiger partial charge >= 0.3 is 0 Å². The summed E-state index contributed by atoms with van der Waals surface area (Å²) < 4.78 is 5.57. The quantitative estimate of drug-likeness (QED) is 0.939. The number of halogens is 2. The molecule has 1 aromatic carbocycles. The molecule has 0 spiro atoms. The number of nitrogens with zero attached hydrogens (tertiary/aromatic N) is 1. The number of benzene rings is 1. The molecule has 0 saturated heterocycles. The highest BCUT2D eigenvalue weighted by Gasteiger charge is 1.98. The molecule has 0 fully saturated rings. The van der Waals surface area contributed by atoms with Gasteiger partial charge in [-0.2, -0.15) is 0 Å². The van der Waals surface area contributed by atoms with Gasteiger partial charge in [0.1, 0.15) is 5.75 Å². The Labute approximate surface area is 119 Å². The highest BCUT2D eigenvalue weighted by molar-refractivity contribution is 5.85. The third-order valence-corrected chi connectivity index (χ3v) is 2.20. The van der Waals surface area contributed by atoms with Gasteiger partial charge in [-0.3, -0.25) is 0 Å². The average molecular weight is 287 g/mol. The van der Waals surface area contributed by atoms with Crippen LogP contribution in [-0.4, -0.2) is 11.5 Å². The molecule has 0 aliphatic carbocycles. The van der Waals surface area contributed by atoms with Crippen LogP contribution in [0.5, 0.6) is 11.6 Å². The number of ether oxygens (including phenoxy) is 1. The predicted molar refractivity (Wildman–Crippen MR) is 78.0 cm³/mol. The van der Waals surface area contributed by atoms with E-state index in [4.69, 9.17) is 10.5 Å². The first-order chi connectivity index (χ1) is 7.88. The summed E-state index contributed by atoms with van der Waals surface area (Å²) in [6.07, 6.45) is 2.64. The minimum Gasteiger partial charge on any atom is -0.439 e. The zero-order valence-electron chi connectivity index (χ0n) is 9.78. The lowest BCUT2D eigenvalue weighted by Gasteiger charge is -2.04. The van der Waals surface area contributed by atoms with Gasteiger partial charge in [0, 0.05) is 12.3 Å². The number of hydrogen-bond donors (Lipinski definition) is 1. The summed E-state index contributed by atoms with van der Waals surface area (Å²) in [4.78, 5) is 4.21. The molecule has 2 rings (SSSR count). The van der Waals surface area contributed by atoms with Crippen LogP contribution in [-0.2, 0) is 6.42 Å². The molecule has 2 aromatic rings. The van der Waals surface area contributed by atoms with E-state index in [1.54, 1.807) is 6.20 Å². The highest BCUT2D eigenvalue weighted by Crippen LogP contribution is 2.18. The predicted octanol–water partition coefficient (Wildman–Crippen LogP) is 3.22. The molecule has 0 amide bonds. The Kier molecular flexibility index (Phi) is 8.12. The average Bonchev–Trinajstić information content (AvgIpc) is 2.33. The Balaban J connectivity index is 0.00000144. The zero-order valence-corrected chi connectivity index (χ0v) is 11.4. The van der Waals surface area contributed by atoms with Crippen molar-refractivity contribution in [1.29, 1.82) is 0 Å². The first-order valence-corrected chi connectivity index (χ1v) is 5.26. The summed E-state index contributed by atoms with van der Waals surface area (Å²) in [7, 11) is 0. The molecule has 0 bridgehead atoms. The molecule has 0 unspecified atom stereocenters. The van der Waals surface area contributed by atoms with E-state index in [2.05, 4.69) is 4.98 Å². The third-order valence-electron chi connectivity index (χ3n) is 2.20. The minimum absolute atomic E-state index is 0. The number of nitrogens with two attached hydrogens (primary N) is 1. The summed E-state index contributed by atoms with van der Waals surface area (Å²) in [5, 5.41) is 0. The monoisotopic (exact) mass is 286 g/mol. The van der Waals surface area contributed by atoms with Gasteiger partial charge in [0.15, 0.2) is 0 Å². The van der Waals surface area contributed by atoms with E-state index in [9.17, 15) is 0 Å². The van der Waals surface area contributed by atoms with Gasteiger partial charge in [0.2, 0.25) is 5.88 Å². The van der Waals surface area contributed by atoms with E-state index >= 15 is 0 Å². The van der Waals surface area contributed by atoms with Crippen LogP contribution >= 0.6 is 24.8 Å². The second-order valence-corrected chi connectivity index (χ2v) is 3.46. The van der Waals surface area contributed by atoms with E-state index < -0.39 is 0 Å². The summed E-state index contributed by atoms with van der Waals surface area (Å²) >= 11 is 0. The van der Waals surface area contributed by atoms with Crippen molar-refractivity contribution >= 4 is 24.8 Å². The van der Waals surface area contributed by atoms with Crippen LogP contribution in [0.25, 0.3) is 0 Å². The molecule has 0 radical (unpaired) electrons. The van der Waals surface area contributed by atoms with Crippen molar-refractivity contribution in [2.75, 3.05) is 6.54 Å². The fraction of sp³-hybridized carbons (Fsp3) is 0.154. The second-order valence-electron chi connectivity index (χ2n) is 3.46. The summed E-state index contributed by atoms with van der Waals surface area (Å²) in [6, 6.07) is 13.4. The lowest BCUT2D eigenvalue weighted by atomic mass is 10.2. The molecule has 98 valence electrons. The van der Waals surface area contributed by atoms with E-state index in [1.807, 2.05) is 42.5 Å². The van der Waals surface area contributed by atoms with Gasteiger partial charge in [0.25, 0.3) is 0 Å². The Morgan fingerprint density at radius 2 is 1.72 bits per heavy atom. The molecule has 2 N–H and O–H groups in total. The van der Waals surface area contributed by atoms with E-state index in [0.717, 1.165) is 17.7 Å². The summed E-state index contributed by atoms with van der Waals surface area (Å²) in [5.74, 6) is 1.40. The third kappa shape index (κ3) is 4.92. The fourth-order valence-electron chi connectivity index (χ4n) is 1.40. The molecule has 3 nitrogen and oxygen atoms in total. The lowest BCUT2D eigenvalue weighted by molar-refractivity contribution is 0.462. The number of pyridine rings is 1. The van der Waals surface area contributed by atoms with Crippen LogP contribution in [0, 0.1) is 0 Å². The van der Waals surface area contributed by atoms with Crippen LogP contribution in [0.1, 0.15) is 5.56 Å². The summed E-state index contributed by atoms with van der Waals surface area (Å²) in [6.45, 7) is 0.639. The van der Waals surface area contributed by atoms with Crippen LogP contribution in [0.3, 0.4) is 0 Å². The zero-order chi connectivity index (χ0) is 11.2. The molecule has 5 heteroatoms. The van der Waals surface area contributed by atoms with Crippen LogP contribution < -0.4 is 10.5 Å². The topological polar surface area (TPSA) is 48.1 Å². The van der Waals surface area contributed by atoms with E-state index in [-0.39, 0.29) is 24.8 Å². The molecular formula is C13H16Cl2N2O. The van der Waals surface area contributed by atoms with E-state index in [1.165, 1.54) is 0 Å². The number of aromatic nitrogens is 1. The molecule has 1 heterocycles. The highest BCUT2D eigenvalue weighted by atomic mass is 35.5. The van der Waals surface area contributed by atoms with Crippen molar-refractivity contribution in [3.05, 3.63) is 54.2 Å². The normalized spacial score (nSPS) is 8.94. The Hall–Kier alpha value is -1.29. The maximum atomic E-state index is 5.57. The molecule has 0 aliphatic heterocycles. The number of para-hydroxylation sites is 1. The molecule has 1 aromatic heterocycles. The first-order valence-electron chi connectivity index (χ1n) is 5.26. The Bertz CT molecular complexity index is 435. The van der Waals surface area contributed by atoms with Gasteiger partial charge in [0.05, 0.1) is 0 Å². The molecular weight excluding hydrogens is 271 g/mol. The van der Waals surface area contributed by atoms with Crippen LogP contribution in [0.15, 0.2) is 48.7 Å². The van der Waals surface area contributed by atoms with Crippen molar-refractivity contribution in [2.45, 2.75) is 6.42 Å². The van der Waals surface area contributed by atoms with Gasteiger partial charge in [-0.05, 0) is 30.7 Å². The van der Waals surface area contributed by atoms with Gasteiger partial charge in [-0.15, -0.1) is 24.8 Å². The lowest BCUT2D eigenvalue weighted by Crippen LogP contribution is -2.02. The van der Waals surface area contributed by atoms with Crippen molar-refractivity contribution in [1.82, 2.24) is 4.98 Å². The maximum absolute atomic E-state index is 5.57. The van der Waals surface area contributed by atoms with Gasteiger partial charge in [-0.25, -0.2) is 4.98 Å². The number of rotatable bonds is 4. The van der Waals surface area contributed by atoms with Crippen LogP contribution in [0.2, 0.25) is 0 Å². The first kappa shape index (κ1) is 16.7. The van der Waals surface area contributed by atoms with Crippen molar-refractivity contribution in [2.24, 2.45) is 5.73 Å². The largest absolute Gasteiger partial charge is 0.439 e. The van der Waals surface area contributed by atoms with Crippen molar-refractivity contribution in [3.63, 3.8) is 0 Å². The second kappa shape index (κ2) is 8.75. The molecule has 0 atom stereocenters. The minimum atomic E-state index is 0. The van der Waals surface area contributed by atoms with Gasteiger partial charge < -0.3 is 10.5 Å². The molecule has 0 aliphatic rings. The van der Waals surface area contributed by atoms with Gasteiger partial charge in [-0.1, -0.05) is 24.3 Å². The van der Waals surface area contributed by atoms with Crippen LogP contribution in [0.4, 0.5) is 0 Å². The standard InChI is InChI=1S/C13H14N2O.2ClH/c14-9-8-11-6-7-13(15-10-11)16-12-4-2-1-3-5-12;;/h1-7,10H,8-9,14H2;2*1H. The smallest absolute Gasteiger partial charge is 0.219 e. The Morgan fingerprint density at radius 3 is 2.28 bits per heavy atom. The number of hydrogen-bond acceptors (Lipinski definition) is 3. The van der Waals surface area contributed by atoms with Crippen molar-refractivity contribution < 1.29 is 4.74 Å². The maximum Gasteiger partial charge on any atom is 0.219 e. The molecule has 18 heavy (non-hydrogen) atoms. The Morgan fingerprint density at radius 1 is 1.00 bits per heavy atom. The van der Waals surface area contributed by atoms with E-state index in [0.29, 0.717) is 12.4 Å². The fourth-order valence-corrected chi connectivity index (χ4v) is 1.40.